The second-order valence-electron chi connectivity index (χ2n) is 5.59. The first-order valence-electron chi connectivity index (χ1n) is 8.12. The lowest BCUT2D eigenvalue weighted by Crippen LogP contribution is -2.31. The van der Waals surface area contributed by atoms with Crippen LogP contribution < -0.4 is 10.2 Å². The van der Waals surface area contributed by atoms with E-state index < -0.39 is 6.04 Å². The Kier molecular flexibility index (Phi) is 7.20. The largest absolute Gasteiger partial charge is 0.489 e. The average molecular weight is 335 g/mol. The molecule has 0 saturated heterocycles. The van der Waals surface area contributed by atoms with Gasteiger partial charge in [-0.2, -0.15) is 10.4 Å². The molecule has 0 aliphatic carbocycles. The molecular formula is C20H21N3O2. The summed E-state index contributed by atoms with van der Waals surface area (Å²) >= 11 is 0. The molecule has 0 saturated carbocycles. The minimum atomic E-state index is -0.427. The zero-order valence-electron chi connectivity index (χ0n) is 14.2. The Morgan fingerprint density at radius 1 is 1.24 bits per heavy atom. The lowest BCUT2D eigenvalue weighted by Gasteiger charge is -2.10. The fraction of sp³-hybridized carbons (Fsp3) is 0.250. The molecule has 2 aromatic carbocycles. The molecule has 1 N–H and O–H groups in total. The highest BCUT2D eigenvalue weighted by atomic mass is 16.5. The Bertz CT molecular complexity index is 734. The van der Waals surface area contributed by atoms with E-state index >= 15 is 0 Å². The number of hydrazone groups is 1. The number of nitrogens with zero attached hydrogens (tertiary/aromatic N) is 2. The Hall–Kier alpha value is -3.13. The van der Waals surface area contributed by atoms with Gasteiger partial charge in [-0.15, -0.1) is 0 Å². The third-order valence-corrected chi connectivity index (χ3v) is 3.61. The van der Waals surface area contributed by atoms with Crippen LogP contribution in [0.3, 0.4) is 0 Å². The van der Waals surface area contributed by atoms with E-state index in [0.717, 1.165) is 16.9 Å². The van der Waals surface area contributed by atoms with Crippen molar-refractivity contribution in [2.45, 2.75) is 32.4 Å². The summed E-state index contributed by atoms with van der Waals surface area (Å²) in [5.41, 5.74) is 4.81. The molecule has 5 heteroatoms. The number of Topliss-reactive ketones (excluding diaryl/α,β-unsaturated/α-hetero) is 1. The molecule has 0 fully saturated rings. The molecule has 0 aliphatic heterocycles. The fourth-order valence-corrected chi connectivity index (χ4v) is 2.16. The summed E-state index contributed by atoms with van der Waals surface area (Å²) in [6.07, 6.45) is 2.42. The number of rotatable bonds is 9. The van der Waals surface area contributed by atoms with Gasteiger partial charge in [0.1, 0.15) is 18.4 Å². The first-order chi connectivity index (χ1) is 12.2. The lowest BCUT2D eigenvalue weighted by molar-refractivity contribution is -0.119. The zero-order chi connectivity index (χ0) is 17.9. The van der Waals surface area contributed by atoms with Gasteiger partial charge in [0.05, 0.1) is 12.3 Å². The van der Waals surface area contributed by atoms with Crippen LogP contribution in [0.15, 0.2) is 59.7 Å². The molecule has 0 aliphatic rings. The number of nitrogens with one attached hydrogen (secondary N) is 1. The van der Waals surface area contributed by atoms with Crippen LogP contribution in [0.5, 0.6) is 5.75 Å². The first-order valence-corrected chi connectivity index (χ1v) is 8.12. The van der Waals surface area contributed by atoms with E-state index in [0.29, 0.717) is 19.4 Å². The second kappa shape index (κ2) is 9.89. The lowest BCUT2D eigenvalue weighted by atomic mass is 10.1. The molecule has 2 rings (SSSR count). The Balaban J connectivity index is 1.84. The van der Waals surface area contributed by atoms with Crippen molar-refractivity contribution in [3.63, 3.8) is 0 Å². The standard InChI is InChI=1S/C20H21N3O2/c1-16(24)20(8-5-13-21)23-22-14-17-9-11-19(12-10-17)25-15-18-6-3-2-4-7-18/h2-4,6-7,9-12,14,20,23H,5,8,15H2,1H3. The van der Waals surface area contributed by atoms with Crippen molar-refractivity contribution < 1.29 is 9.53 Å². The van der Waals surface area contributed by atoms with E-state index in [2.05, 4.69) is 10.5 Å². The van der Waals surface area contributed by atoms with Gasteiger partial charge in [0.25, 0.3) is 0 Å². The summed E-state index contributed by atoms with van der Waals surface area (Å²) < 4.78 is 5.73. The Morgan fingerprint density at radius 3 is 2.60 bits per heavy atom. The minimum absolute atomic E-state index is 0.0305. The molecule has 5 nitrogen and oxygen atoms in total. The highest BCUT2D eigenvalue weighted by molar-refractivity contribution is 5.82. The Morgan fingerprint density at radius 2 is 1.96 bits per heavy atom. The third-order valence-electron chi connectivity index (χ3n) is 3.61. The van der Waals surface area contributed by atoms with E-state index in [1.165, 1.54) is 6.92 Å². The number of carbonyl (C=O) groups is 1. The topological polar surface area (TPSA) is 74.5 Å². The number of hydrogen-bond donors (Lipinski definition) is 1. The number of benzene rings is 2. The fourth-order valence-electron chi connectivity index (χ4n) is 2.16. The van der Waals surface area contributed by atoms with Gasteiger partial charge in [0.2, 0.25) is 0 Å². The van der Waals surface area contributed by atoms with Gasteiger partial charge in [-0.3, -0.25) is 10.2 Å². The van der Waals surface area contributed by atoms with Crippen LogP contribution in [0.1, 0.15) is 30.9 Å². The van der Waals surface area contributed by atoms with Crippen molar-refractivity contribution in [3.05, 3.63) is 65.7 Å². The van der Waals surface area contributed by atoms with Crippen LogP contribution in [-0.2, 0) is 11.4 Å². The number of nitriles is 1. The maximum atomic E-state index is 11.5. The summed E-state index contributed by atoms with van der Waals surface area (Å²) in [6.45, 7) is 2.01. The number of hydrogen-bond acceptors (Lipinski definition) is 5. The molecule has 0 amide bonds. The third kappa shape index (κ3) is 6.48. The molecule has 0 heterocycles. The van der Waals surface area contributed by atoms with E-state index in [4.69, 9.17) is 10.00 Å². The monoisotopic (exact) mass is 335 g/mol. The predicted octanol–water partition coefficient (Wildman–Crippen LogP) is 3.45. The van der Waals surface area contributed by atoms with Crippen molar-refractivity contribution in [1.82, 2.24) is 5.43 Å². The highest BCUT2D eigenvalue weighted by Crippen LogP contribution is 2.13. The summed E-state index contributed by atoms with van der Waals surface area (Å²) in [4.78, 5) is 11.5. The molecule has 128 valence electrons. The smallest absolute Gasteiger partial charge is 0.153 e. The molecule has 0 radical (unpaired) electrons. The first kappa shape index (κ1) is 18.2. The van der Waals surface area contributed by atoms with E-state index in [1.54, 1.807) is 6.21 Å². The molecule has 1 atom stereocenters. The summed E-state index contributed by atoms with van der Waals surface area (Å²) in [5, 5.41) is 12.7. The molecular weight excluding hydrogens is 314 g/mol. The summed E-state index contributed by atoms with van der Waals surface area (Å²) in [6, 6.07) is 19.1. The molecule has 0 bridgehead atoms. The van der Waals surface area contributed by atoms with Gasteiger partial charge >= 0.3 is 0 Å². The molecule has 0 aromatic heterocycles. The quantitative estimate of drug-likeness (QED) is 0.562. The van der Waals surface area contributed by atoms with Crippen LogP contribution >= 0.6 is 0 Å². The number of ether oxygens (including phenoxy) is 1. The van der Waals surface area contributed by atoms with Crippen molar-refractivity contribution in [1.29, 1.82) is 5.26 Å². The van der Waals surface area contributed by atoms with Crippen LogP contribution in [0.2, 0.25) is 0 Å². The molecule has 0 spiro atoms. The maximum absolute atomic E-state index is 11.5. The van der Waals surface area contributed by atoms with Crippen LogP contribution in [0, 0.1) is 11.3 Å². The SMILES string of the molecule is CC(=O)C(CCC#N)NN=Cc1ccc(OCc2ccccc2)cc1. The second-order valence-corrected chi connectivity index (χ2v) is 5.59. The summed E-state index contributed by atoms with van der Waals surface area (Å²) in [5.74, 6) is 0.752. The van der Waals surface area contributed by atoms with E-state index in [1.807, 2.05) is 60.7 Å². The van der Waals surface area contributed by atoms with Crippen molar-refractivity contribution in [2.24, 2.45) is 5.10 Å². The van der Waals surface area contributed by atoms with E-state index in [-0.39, 0.29) is 5.78 Å². The van der Waals surface area contributed by atoms with Gasteiger partial charge in [0, 0.05) is 6.42 Å². The van der Waals surface area contributed by atoms with Gasteiger partial charge in [-0.25, -0.2) is 0 Å². The van der Waals surface area contributed by atoms with Crippen LogP contribution in [-0.4, -0.2) is 18.0 Å². The zero-order valence-corrected chi connectivity index (χ0v) is 14.2. The molecule has 2 aromatic rings. The van der Waals surface area contributed by atoms with Crippen molar-refractivity contribution >= 4 is 12.0 Å². The average Bonchev–Trinajstić information content (AvgIpc) is 2.64. The normalized spacial score (nSPS) is 11.7. The summed E-state index contributed by atoms with van der Waals surface area (Å²) in [7, 11) is 0. The molecule has 25 heavy (non-hydrogen) atoms. The highest BCUT2D eigenvalue weighted by Gasteiger charge is 2.11. The van der Waals surface area contributed by atoms with Crippen LogP contribution in [0.25, 0.3) is 0 Å². The molecule has 1 unspecified atom stereocenters. The van der Waals surface area contributed by atoms with Gasteiger partial charge in [-0.05, 0) is 48.7 Å². The van der Waals surface area contributed by atoms with Gasteiger partial charge in [0.15, 0.2) is 5.78 Å². The van der Waals surface area contributed by atoms with E-state index in [9.17, 15) is 4.79 Å². The van der Waals surface area contributed by atoms with Gasteiger partial charge < -0.3 is 4.74 Å². The van der Waals surface area contributed by atoms with Crippen molar-refractivity contribution in [2.75, 3.05) is 0 Å². The van der Waals surface area contributed by atoms with Gasteiger partial charge in [-0.1, -0.05) is 30.3 Å². The Labute approximate surface area is 147 Å². The minimum Gasteiger partial charge on any atom is -0.489 e. The maximum Gasteiger partial charge on any atom is 0.153 e. The number of ketones is 1. The number of carbonyl (C=O) groups excluding carboxylic acids is 1. The van der Waals surface area contributed by atoms with Crippen molar-refractivity contribution in [3.8, 4) is 11.8 Å². The van der Waals surface area contributed by atoms with Crippen LogP contribution in [0.4, 0.5) is 0 Å². The predicted molar refractivity (Wildman–Crippen MR) is 97.3 cm³/mol.